The third-order valence-corrected chi connectivity index (χ3v) is 2.08. The van der Waals surface area contributed by atoms with Gasteiger partial charge in [0.2, 0.25) is 0 Å². The molecule has 1 rings (SSSR count). The van der Waals surface area contributed by atoms with Gasteiger partial charge in [-0.3, -0.25) is 10.1 Å². The number of nitrogens with zero attached hydrogens (tertiary/aromatic N) is 1. The topological polar surface area (TPSA) is 81.2 Å². The molecule has 8 heteroatoms. The minimum atomic E-state index is -0.498. The summed E-state index contributed by atoms with van der Waals surface area (Å²) in [4.78, 5) is 10.2. The van der Waals surface area contributed by atoms with Gasteiger partial charge in [0.25, 0.3) is 5.69 Å². The van der Waals surface area contributed by atoms with Gasteiger partial charge in [-0.25, -0.2) is 0 Å². The van der Waals surface area contributed by atoms with E-state index >= 15 is 0 Å². The van der Waals surface area contributed by atoms with Crippen LogP contribution in [0.1, 0.15) is 5.56 Å². The van der Waals surface area contributed by atoms with Crippen LogP contribution in [0.25, 0.3) is 0 Å². The van der Waals surface area contributed by atoms with Gasteiger partial charge in [0.15, 0.2) is 5.11 Å². The van der Waals surface area contributed by atoms with Gasteiger partial charge >= 0.3 is 0 Å². The van der Waals surface area contributed by atoms with E-state index in [1.54, 1.807) is 12.1 Å². The summed E-state index contributed by atoms with van der Waals surface area (Å²) < 4.78 is 0. The molecule has 0 radical (unpaired) electrons. The average Bonchev–Trinajstić information content (AvgIpc) is 2.15. The number of nitro benzene ring substituents is 1. The van der Waals surface area contributed by atoms with Gasteiger partial charge in [0.05, 0.1) is 4.92 Å². The van der Waals surface area contributed by atoms with Gasteiger partial charge in [0, 0.05) is 23.2 Å². The lowest BCUT2D eigenvalue weighted by atomic mass is 10.2. The maximum Gasteiger partial charge on any atom is 0.275 e. The Morgan fingerprint density at radius 3 is 2.75 bits per heavy atom. The number of nitrogens with one attached hydrogen (secondary N) is 1. The first-order valence-electron chi connectivity index (χ1n) is 3.97. The average molecular weight is 282 g/mol. The van der Waals surface area contributed by atoms with Crippen molar-refractivity contribution in [2.45, 2.75) is 6.54 Å². The van der Waals surface area contributed by atoms with Gasteiger partial charge in [0.1, 0.15) is 0 Å². The Labute approximate surface area is 109 Å². The predicted octanol–water partition coefficient (Wildman–Crippen LogP) is 2.00. The summed E-state index contributed by atoms with van der Waals surface area (Å²) in [6.45, 7) is 0.211. The van der Waals surface area contributed by atoms with Gasteiger partial charge in [-0.15, -0.1) is 12.4 Å². The Kier molecular flexibility index (Phi) is 6.02. The molecule has 16 heavy (non-hydrogen) atoms. The van der Waals surface area contributed by atoms with Crippen molar-refractivity contribution in [2.75, 3.05) is 0 Å². The van der Waals surface area contributed by atoms with Crippen LogP contribution < -0.4 is 11.1 Å². The summed E-state index contributed by atoms with van der Waals surface area (Å²) >= 11 is 10.2. The predicted molar refractivity (Wildman–Crippen MR) is 69.0 cm³/mol. The molecule has 3 N–H and O–H groups in total. The Morgan fingerprint density at radius 2 is 2.25 bits per heavy atom. The molecule has 0 aliphatic heterocycles. The summed E-state index contributed by atoms with van der Waals surface area (Å²) in [5, 5.41) is 13.7. The van der Waals surface area contributed by atoms with E-state index in [4.69, 9.17) is 17.3 Å². The highest BCUT2D eigenvalue weighted by Crippen LogP contribution is 2.22. The van der Waals surface area contributed by atoms with Crippen molar-refractivity contribution in [1.82, 2.24) is 5.32 Å². The molecule has 5 nitrogen and oxygen atoms in total. The van der Waals surface area contributed by atoms with Gasteiger partial charge in [-0.05, 0) is 24.4 Å². The standard InChI is InChI=1S/C8H8ClN3O2S.ClH/c9-6-2-1-5(4-11-8(10)15)7(3-6)12(13)14;/h1-3H,4H2,(H3,10,11,15);1H. The fourth-order valence-electron chi connectivity index (χ4n) is 1.04. The fraction of sp³-hybridized carbons (Fsp3) is 0.125. The molecule has 0 aliphatic rings. The van der Waals surface area contributed by atoms with Crippen molar-refractivity contribution < 1.29 is 4.92 Å². The first-order chi connectivity index (χ1) is 7.00. The normalized spacial score (nSPS) is 9.06. The first-order valence-corrected chi connectivity index (χ1v) is 4.75. The molecule has 0 fully saturated rings. The highest BCUT2D eigenvalue weighted by molar-refractivity contribution is 7.80. The van der Waals surface area contributed by atoms with Crippen LogP contribution in [0.15, 0.2) is 18.2 Å². The van der Waals surface area contributed by atoms with Crippen molar-refractivity contribution in [1.29, 1.82) is 0 Å². The van der Waals surface area contributed by atoms with E-state index in [1.807, 2.05) is 0 Å². The summed E-state index contributed by atoms with van der Waals surface area (Å²) in [5.41, 5.74) is 5.65. The van der Waals surface area contributed by atoms with E-state index in [9.17, 15) is 10.1 Å². The molecule has 0 unspecified atom stereocenters. The molecule has 0 spiro atoms. The van der Waals surface area contributed by atoms with Crippen molar-refractivity contribution >= 4 is 47.0 Å². The van der Waals surface area contributed by atoms with E-state index in [1.165, 1.54) is 6.07 Å². The van der Waals surface area contributed by atoms with Crippen LogP contribution in [-0.2, 0) is 6.54 Å². The molecule has 0 saturated heterocycles. The molecule has 1 aromatic rings. The number of nitrogens with two attached hydrogens (primary N) is 1. The van der Waals surface area contributed by atoms with Crippen molar-refractivity contribution in [3.8, 4) is 0 Å². The zero-order valence-corrected chi connectivity index (χ0v) is 10.4. The van der Waals surface area contributed by atoms with Crippen molar-refractivity contribution in [3.05, 3.63) is 38.9 Å². The number of hydrogen-bond donors (Lipinski definition) is 2. The molecule has 0 amide bonds. The molecule has 0 aromatic heterocycles. The smallest absolute Gasteiger partial charge is 0.275 e. The number of hydrogen-bond acceptors (Lipinski definition) is 3. The van der Waals surface area contributed by atoms with Crippen molar-refractivity contribution in [2.24, 2.45) is 5.73 Å². The summed E-state index contributed by atoms with van der Waals surface area (Å²) in [6.07, 6.45) is 0. The number of halogens is 2. The van der Waals surface area contributed by atoms with Crippen LogP contribution in [0, 0.1) is 10.1 Å². The molecule has 88 valence electrons. The second-order valence-electron chi connectivity index (χ2n) is 2.75. The van der Waals surface area contributed by atoms with E-state index in [2.05, 4.69) is 17.5 Å². The number of benzene rings is 1. The Bertz CT molecular complexity index is 414. The Morgan fingerprint density at radius 1 is 1.62 bits per heavy atom. The molecular weight excluding hydrogens is 273 g/mol. The van der Waals surface area contributed by atoms with Gasteiger partial charge in [-0.1, -0.05) is 11.6 Å². The van der Waals surface area contributed by atoms with Gasteiger partial charge < -0.3 is 11.1 Å². The third kappa shape index (κ3) is 4.18. The lowest BCUT2D eigenvalue weighted by Gasteiger charge is -2.04. The minimum Gasteiger partial charge on any atom is -0.376 e. The molecular formula is C8H9Cl2N3O2S. The van der Waals surface area contributed by atoms with Crippen LogP contribution in [0.2, 0.25) is 5.02 Å². The summed E-state index contributed by atoms with van der Waals surface area (Å²) in [7, 11) is 0. The molecule has 0 aliphatic carbocycles. The molecule has 0 bridgehead atoms. The molecule has 0 heterocycles. The quantitative estimate of drug-likeness (QED) is 0.503. The number of rotatable bonds is 3. The maximum atomic E-state index is 10.7. The highest BCUT2D eigenvalue weighted by Gasteiger charge is 2.13. The van der Waals surface area contributed by atoms with Crippen LogP contribution in [-0.4, -0.2) is 10.0 Å². The third-order valence-electron chi connectivity index (χ3n) is 1.70. The Hall–Kier alpha value is -1.11. The largest absolute Gasteiger partial charge is 0.376 e. The SMILES string of the molecule is Cl.NC(=S)NCc1ccc(Cl)cc1[N+](=O)[O-]. The first kappa shape index (κ1) is 14.9. The molecule has 0 atom stereocenters. The highest BCUT2D eigenvalue weighted by atomic mass is 35.5. The van der Waals surface area contributed by atoms with Crippen molar-refractivity contribution in [3.63, 3.8) is 0 Å². The molecule has 0 saturated carbocycles. The number of thiocarbonyl (C=S) groups is 1. The van der Waals surface area contributed by atoms with E-state index in [0.29, 0.717) is 10.6 Å². The Balaban J connectivity index is 0.00000225. The number of nitro groups is 1. The van der Waals surface area contributed by atoms with Crippen LogP contribution in [0.4, 0.5) is 5.69 Å². The zero-order valence-electron chi connectivity index (χ0n) is 7.97. The summed E-state index contributed by atoms with van der Waals surface area (Å²) in [6, 6.07) is 4.43. The fourth-order valence-corrected chi connectivity index (χ4v) is 1.28. The zero-order chi connectivity index (χ0) is 11.4. The second kappa shape index (κ2) is 6.47. The summed E-state index contributed by atoms with van der Waals surface area (Å²) in [5.74, 6) is 0. The lowest BCUT2D eigenvalue weighted by Crippen LogP contribution is -2.28. The monoisotopic (exact) mass is 281 g/mol. The van der Waals surface area contributed by atoms with E-state index in [0.717, 1.165) is 0 Å². The molecule has 1 aromatic carbocycles. The van der Waals surface area contributed by atoms with Gasteiger partial charge in [-0.2, -0.15) is 0 Å². The van der Waals surface area contributed by atoms with Crippen LogP contribution in [0.5, 0.6) is 0 Å². The second-order valence-corrected chi connectivity index (χ2v) is 3.62. The van der Waals surface area contributed by atoms with E-state index in [-0.39, 0.29) is 29.8 Å². The van der Waals surface area contributed by atoms with E-state index < -0.39 is 4.92 Å². The lowest BCUT2D eigenvalue weighted by molar-refractivity contribution is -0.385. The van der Waals surface area contributed by atoms with Crippen LogP contribution in [0.3, 0.4) is 0 Å². The van der Waals surface area contributed by atoms with Crippen LogP contribution >= 0.6 is 36.2 Å². The minimum absolute atomic E-state index is 0. The maximum absolute atomic E-state index is 10.7.